The van der Waals surface area contributed by atoms with Crippen molar-refractivity contribution >= 4 is 0 Å². The Morgan fingerprint density at radius 1 is 1.21 bits per heavy atom. The lowest BCUT2D eigenvalue weighted by atomic mass is 10.1. The molecule has 0 amide bonds. The Kier molecular flexibility index (Phi) is 2.02. The molecule has 0 radical (unpaired) electrons. The standard InChI is InChI=1S/C10H8N2O2/c13-8-6-11-12-9(10(8)14)7-4-2-1-3-5-7/h1-6H,(H,11,14)(H,12,13). The second kappa shape index (κ2) is 3.33. The molecule has 4 heteroatoms. The summed E-state index contributed by atoms with van der Waals surface area (Å²) in [5.41, 5.74) is 0.593. The fourth-order valence-corrected chi connectivity index (χ4v) is 1.20. The van der Waals surface area contributed by atoms with Gasteiger partial charge in [-0.05, 0) is 0 Å². The molecule has 0 unspecified atom stereocenters. The molecule has 0 aliphatic carbocycles. The second-order valence-corrected chi connectivity index (χ2v) is 2.82. The van der Waals surface area contributed by atoms with Gasteiger partial charge in [0.1, 0.15) is 5.69 Å². The number of rotatable bonds is 1. The van der Waals surface area contributed by atoms with Crippen molar-refractivity contribution in [3.8, 4) is 17.0 Å². The number of aromatic amines is 1. The first-order chi connectivity index (χ1) is 6.79. The Bertz CT molecular complexity index is 491. The number of nitrogens with zero attached hydrogens (tertiary/aromatic N) is 1. The minimum Gasteiger partial charge on any atom is -0.503 e. The van der Waals surface area contributed by atoms with Gasteiger partial charge in [0, 0.05) is 5.56 Å². The fourth-order valence-electron chi connectivity index (χ4n) is 1.20. The predicted molar refractivity (Wildman–Crippen MR) is 52.0 cm³/mol. The number of hydrogen-bond acceptors (Lipinski definition) is 3. The molecule has 0 bridgehead atoms. The van der Waals surface area contributed by atoms with Gasteiger partial charge in [-0.25, -0.2) is 0 Å². The lowest BCUT2D eigenvalue weighted by Gasteiger charge is -2.01. The first-order valence-corrected chi connectivity index (χ1v) is 4.11. The van der Waals surface area contributed by atoms with Crippen molar-refractivity contribution in [3.05, 3.63) is 46.8 Å². The van der Waals surface area contributed by atoms with Gasteiger partial charge in [0.2, 0.25) is 5.43 Å². The van der Waals surface area contributed by atoms with E-state index in [-0.39, 0.29) is 5.75 Å². The fraction of sp³-hybridized carbons (Fsp3) is 0. The van der Waals surface area contributed by atoms with Crippen molar-refractivity contribution in [1.82, 2.24) is 10.2 Å². The zero-order valence-corrected chi connectivity index (χ0v) is 7.27. The van der Waals surface area contributed by atoms with Crippen LogP contribution in [0.2, 0.25) is 0 Å². The van der Waals surface area contributed by atoms with Gasteiger partial charge >= 0.3 is 0 Å². The van der Waals surface area contributed by atoms with E-state index in [9.17, 15) is 9.90 Å². The summed E-state index contributed by atoms with van der Waals surface area (Å²) in [4.78, 5) is 11.1. The molecule has 0 spiro atoms. The van der Waals surface area contributed by atoms with Crippen molar-refractivity contribution in [2.45, 2.75) is 0 Å². The number of H-pyrrole nitrogens is 1. The molecule has 0 atom stereocenters. The van der Waals surface area contributed by atoms with Gasteiger partial charge in [0.25, 0.3) is 0 Å². The van der Waals surface area contributed by atoms with Crippen LogP contribution in [-0.2, 0) is 0 Å². The average molecular weight is 188 g/mol. The Labute approximate surface area is 79.9 Å². The predicted octanol–water partition coefficient (Wildman–Crippen LogP) is 1.14. The highest BCUT2D eigenvalue weighted by atomic mass is 16.3. The lowest BCUT2D eigenvalue weighted by molar-refractivity contribution is 0.468. The van der Waals surface area contributed by atoms with E-state index in [4.69, 9.17) is 0 Å². The van der Waals surface area contributed by atoms with Crippen LogP contribution >= 0.6 is 0 Å². The van der Waals surface area contributed by atoms with Crippen molar-refractivity contribution in [2.75, 3.05) is 0 Å². The largest absolute Gasteiger partial charge is 0.503 e. The van der Waals surface area contributed by atoms with Gasteiger partial charge in [-0.1, -0.05) is 30.3 Å². The summed E-state index contributed by atoms with van der Waals surface area (Å²) in [6, 6.07) is 9.06. The summed E-state index contributed by atoms with van der Waals surface area (Å²) in [6.07, 6.45) is 1.04. The molecule has 70 valence electrons. The minimum atomic E-state index is -0.484. The van der Waals surface area contributed by atoms with Crippen LogP contribution in [0.3, 0.4) is 0 Å². The Hall–Kier alpha value is -2.10. The van der Waals surface area contributed by atoms with Crippen LogP contribution in [0.4, 0.5) is 0 Å². The third-order valence-electron chi connectivity index (χ3n) is 1.89. The van der Waals surface area contributed by atoms with Gasteiger partial charge in [-0.15, -0.1) is 0 Å². The second-order valence-electron chi connectivity index (χ2n) is 2.82. The zero-order valence-electron chi connectivity index (χ0n) is 7.27. The summed E-state index contributed by atoms with van der Waals surface area (Å²) in [5.74, 6) is -0.300. The molecule has 14 heavy (non-hydrogen) atoms. The molecule has 0 aliphatic heterocycles. The summed E-state index contributed by atoms with van der Waals surface area (Å²) < 4.78 is 0. The van der Waals surface area contributed by atoms with E-state index in [0.29, 0.717) is 5.69 Å². The molecule has 2 aromatic rings. The molecule has 2 N–H and O–H groups in total. The lowest BCUT2D eigenvalue weighted by Crippen LogP contribution is -2.03. The quantitative estimate of drug-likeness (QED) is 0.705. The van der Waals surface area contributed by atoms with Gasteiger partial charge < -0.3 is 5.11 Å². The average Bonchev–Trinajstić information content (AvgIpc) is 2.23. The van der Waals surface area contributed by atoms with E-state index >= 15 is 0 Å². The van der Waals surface area contributed by atoms with Gasteiger partial charge in [0.15, 0.2) is 5.75 Å². The highest BCUT2D eigenvalue weighted by molar-refractivity contribution is 5.64. The first-order valence-electron chi connectivity index (χ1n) is 4.11. The van der Waals surface area contributed by atoms with Crippen LogP contribution in [0.15, 0.2) is 41.3 Å². The summed E-state index contributed by atoms with van der Waals surface area (Å²) in [7, 11) is 0. The van der Waals surface area contributed by atoms with Crippen molar-refractivity contribution in [3.63, 3.8) is 0 Å². The number of nitrogens with one attached hydrogen (secondary N) is 1. The number of benzene rings is 1. The van der Waals surface area contributed by atoms with Crippen LogP contribution in [0.1, 0.15) is 0 Å². The van der Waals surface area contributed by atoms with Gasteiger partial charge in [-0.2, -0.15) is 5.10 Å². The maximum absolute atomic E-state index is 11.1. The molecule has 1 heterocycles. The molecular formula is C10H8N2O2. The summed E-state index contributed by atoms with van der Waals surface area (Å²) in [6.45, 7) is 0. The molecule has 0 fully saturated rings. The molecule has 1 aromatic carbocycles. The molecule has 1 aromatic heterocycles. The minimum absolute atomic E-state index is 0.300. The number of aromatic hydroxyl groups is 1. The third kappa shape index (κ3) is 1.37. The molecule has 0 saturated carbocycles. The van der Waals surface area contributed by atoms with Crippen LogP contribution in [-0.4, -0.2) is 15.3 Å². The highest BCUT2D eigenvalue weighted by Gasteiger charge is 2.06. The van der Waals surface area contributed by atoms with Crippen molar-refractivity contribution in [1.29, 1.82) is 0 Å². The van der Waals surface area contributed by atoms with E-state index < -0.39 is 5.43 Å². The van der Waals surface area contributed by atoms with Crippen LogP contribution in [0, 0.1) is 0 Å². The smallest absolute Gasteiger partial charge is 0.242 e. The van der Waals surface area contributed by atoms with E-state index in [0.717, 1.165) is 11.8 Å². The van der Waals surface area contributed by atoms with E-state index in [1.807, 2.05) is 18.2 Å². The Balaban J connectivity index is 2.64. The van der Waals surface area contributed by atoms with E-state index in [2.05, 4.69) is 10.2 Å². The molecule has 2 rings (SSSR count). The topological polar surface area (TPSA) is 66.0 Å². The monoisotopic (exact) mass is 188 g/mol. The summed E-state index contributed by atoms with van der Waals surface area (Å²) in [5, 5.41) is 15.7. The number of aromatic nitrogens is 2. The first kappa shape index (κ1) is 8.50. The molecule has 0 aliphatic rings. The van der Waals surface area contributed by atoms with Gasteiger partial charge in [0.05, 0.1) is 6.20 Å². The normalized spacial score (nSPS) is 10.0. The van der Waals surface area contributed by atoms with Gasteiger partial charge in [-0.3, -0.25) is 9.89 Å². The number of hydrogen-bond donors (Lipinski definition) is 2. The molecule has 0 saturated heterocycles. The maximum Gasteiger partial charge on any atom is 0.242 e. The molecule has 4 nitrogen and oxygen atoms in total. The third-order valence-corrected chi connectivity index (χ3v) is 1.89. The summed E-state index contributed by atoms with van der Waals surface area (Å²) >= 11 is 0. The van der Waals surface area contributed by atoms with E-state index in [1.165, 1.54) is 0 Å². The van der Waals surface area contributed by atoms with Crippen molar-refractivity contribution in [2.24, 2.45) is 0 Å². The zero-order chi connectivity index (χ0) is 9.97. The van der Waals surface area contributed by atoms with E-state index in [1.54, 1.807) is 12.1 Å². The van der Waals surface area contributed by atoms with Crippen LogP contribution < -0.4 is 5.43 Å². The maximum atomic E-state index is 11.1. The van der Waals surface area contributed by atoms with Crippen LogP contribution in [0.5, 0.6) is 5.75 Å². The highest BCUT2D eigenvalue weighted by Crippen LogP contribution is 2.21. The SMILES string of the molecule is O=c1cn[nH]c(-c2ccccc2)c1O. The molecular weight excluding hydrogens is 180 g/mol. The Morgan fingerprint density at radius 2 is 1.93 bits per heavy atom. The van der Waals surface area contributed by atoms with Crippen LogP contribution in [0.25, 0.3) is 11.3 Å². The van der Waals surface area contributed by atoms with Crippen molar-refractivity contribution < 1.29 is 5.11 Å². The Morgan fingerprint density at radius 3 is 2.64 bits per heavy atom.